The zero-order valence-corrected chi connectivity index (χ0v) is 16.7. The first-order chi connectivity index (χ1) is 13.1. The number of nitrogens with one attached hydrogen (secondary N) is 1. The van der Waals surface area contributed by atoms with Crippen molar-refractivity contribution in [3.8, 4) is 11.4 Å². The molecule has 1 N–H and O–H groups in total. The molecule has 0 spiro atoms. The fourth-order valence-corrected chi connectivity index (χ4v) is 3.53. The number of amides is 1. The zero-order chi connectivity index (χ0) is 19.2. The van der Waals surface area contributed by atoms with Crippen molar-refractivity contribution < 1.29 is 4.79 Å². The Labute approximate surface area is 167 Å². The number of pyridine rings is 1. The molecule has 0 fully saturated rings. The fraction of sp³-hybridized carbons (Fsp3) is 0.263. The van der Waals surface area contributed by atoms with Crippen LogP contribution in [0.2, 0.25) is 5.02 Å². The first-order valence-electron chi connectivity index (χ1n) is 8.61. The van der Waals surface area contributed by atoms with Crippen molar-refractivity contribution in [1.29, 1.82) is 0 Å². The van der Waals surface area contributed by atoms with E-state index >= 15 is 0 Å². The number of aromatic nitrogens is 4. The van der Waals surface area contributed by atoms with Gasteiger partial charge in [-0.25, -0.2) is 0 Å². The molecule has 2 aromatic heterocycles. The van der Waals surface area contributed by atoms with Crippen LogP contribution in [0.4, 0.5) is 5.69 Å². The number of anilines is 1. The number of carbonyl (C=O) groups excluding carboxylic acids is 1. The molecule has 3 rings (SSSR count). The second-order valence-electron chi connectivity index (χ2n) is 5.94. The average molecular weight is 402 g/mol. The van der Waals surface area contributed by atoms with Crippen LogP contribution in [-0.4, -0.2) is 31.4 Å². The Kier molecular flexibility index (Phi) is 6.47. The molecular formula is C19H20ClN5OS. The van der Waals surface area contributed by atoms with E-state index in [1.807, 2.05) is 35.8 Å². The van der Waals surface area contributed by atoms with Crippen LogP contribution in [0.1, 0.15) is 18.9 Å². The van der Waals surface area contributed by atoms with E-state index in [0.717, 1.165) is 40.8 Å². The van der Waals surface area contributed by atoms with Crippen molar-refractivity contribution >= 4 is 35.0 Å². The molecule has 27 heavy (non-hydrogen) atoms. The normalized spacial score (nSPS) is 10.8. The summed E-state index contributed by atoms with van der Waals surface area (Å²) < 4.78 is 2.04. The molecule has 8 heteroatoms. The van der Waals surface area contributed by atoms with E-state index in [1.54, 1.807) is 18.5 Å². The minimum absolute atomic E-state index is 0.109. The van der Waals surface area contributed by atoms with Crippen LogP contribution in [0.3, 0.4) is 0 Å². The molecule has 0 atom stereocenters. The molecule has 1 aromatic carbocycles. The Balaban J connectivity index is 1.71. The van der Waals surface area contributed by atoms with E-state index in [-0.39, 0.29) is 11.7 Å². The maximum Gasteiger partial charge on any atom is 0.234 e. The second kappa shape index (κ2) is 9.01. The van der Waals surface area contributed by atoms with E-state index in [0.29, 0.717) is 5.02 Å². The van der Waals surface area contributed by atoms with Crippen molar-refractivity contribution in [1.82, 2.24) is 19.7 Å². The number of rotatable bonds is 7. The summed E-state index contributed by atoms with van der Waals surface area (Å²) in [5.74, 6) is 0.916. The molecular weight excluding hydrogens is 382 g/mol. The summed E-state index contributed by atoms with van der Waals surface area (Å²) in [6.07, 6.45) is 4.40. The van der Waals surface area contributed by atoms with Gasteiger partial charge < -0.3 is 9.88 Å². The molecule has 0 saturated carbocycles. The van der Waals surface area contributed by atoms with Gasteiger partial charge in [0.1, 0.15) is 0 Å². The van der Waals surface area contributed by atoms with Crippen molar-refractivity contribution in [2.24, 2.45) is 0 Å². The topological polar surface area (TPSA) is 72.7 Å². The predicted molar refractivity (Wildman–Crippen MR) is 109 cm³/mol. The lowest BCUT2D eigenvalue weighted by Crippen LogP contribution is -2.15. The minimum Gasteiger partial charge on any atom is -0.325 e. The lowest BCUT2D eigenvalue weighted by atomic mass is 10.2. The first-order valence-corrected chi connectivity index (χ1v) is 9.98. The molecule has 1 amide bonds. The monoisotopic (exact) mass is 401 g/mol. The third-order valence-electron chi connectivity index (χ3n) is 3.98. The van der Waals surface area contributed by atoms with Crippen molar-refractivity contribution in [2.45, 2.75) is 32.0 Å². The van der Waals surface area contributed by atoms with E-state index < -0.39 is 0 Å². The number of thioether (sulfide) groups is 1. The van der Waals surface area contributed by atoms with Crippen molar-refractivity contribution in [3.05, 3.63) is 53.3 Å². The van der Waals surface area contributed by atoms with E-state index in [9.17, 15) is 4.79 Å². The highest BCUT2D eigenvalue weighted by Gasteiger charge is 2.15. The minimum atomic E-state index is -0.109. The quantitative estimate of drug-likeness (QED) is 0.592. The fourth-order valence-electron chi connectivity index (χ4n) is 2.59. The van der Waals surface area contributed by atoms with Gasteiger partial charge in [-0.2, -0.15) is 0 Å². The average Bonchev–Trinajstić information content (AvgIpc) is 3.07. The van der Waals surface area contributed by atoms with Crippen LogP contribution < -0.4 is 5.32 Å². The molecule has 0 unspecified atom stereocenters. The lowest BCUT2D eigenvalue weighted by molar-refractivity contribution is -0.113. The molecule has 0 aliphatic rings. The summed E-state index contributed by atoms with van der Waals surface area (Å²) in [4.78, 5) is 16.4. The van der Waals surface area contributed by atoms with Gasteiger partial charge >= 0.3 is 0 Å². The number of benzene rings is 1. The molecule has 0 bridgehead atoms. The second-order valence-corrected chi connectivity index (χ2v) is 7.29. The van der Waals surface area contributed by atoms with Crippen LogP contribution >= 0.6 is 23.4 Å². The highest BCUT2D eigenvalue weighted by atomic mass is 35.5. The van der Waals surface area contributed by atoms with Crippen LogP contribution in [0, 0.1) is 6.92 Å². The molecule has 140 valence electrons. The van der Waals surface area contributed by atoms with E-state index in [1.165, 1.54) is 11.8 Å². The summed E-state index contributed by atoms with van der Waals surface area (Å²) in [6.45, 7) is 4.76. The number of carbonyl (C=O) groups is 1. The summed E-state index contributed by atoms with van der Waals surface area (Å²) in [7, 11) is 0. The summed E-state index contributed by atoms with van der Waals surface area (Å²) in [5.41, 5.74) is 2.53. The Morgan fingerprint density at radius 1 is 1.22 bits per heavy atom. The third-order valence-corrected chi connectivity index (χ3v) is 5.35. The largest absolute Gasteiger partial charge is 0.325 e. The smallest absolute Gasteiger partial charge is 0.234 e. The van der Waals surface area contributed by atoms with Gasteiger partial charge in [0.15, 0.2) is 11.0 Å². The van der Waals surface area contributed by atoms with Gasteiger partial charge in [0.05, 0.1) is 5.75 Å². The van der Waals surface area contributed by atoms with Crippen LogP contribution in [0.15, 0.2) is 47.9 Å². The zero-order valence-electron chi connectivity index (χ0n) is 15.1. The van der Waals surface area contributed by atoms with Gasteiger partial charge in [-0.1, -0.05) is 36.4 Å². The number of halogens is 1. The van der Waals surface area contributed by atoms with Crippen LogP contribution in [0.25, 0.3) is 11.4 Å². The predicted octanol–water partition coefficient (Wildman–Crippen LogP) is 4.44. The molecule has 2 heterocycles. The van der Waals surface area contributed by atoms with Gasteiger partial charge in [-0.15, -0.1) is 10.2 Å². The third kappa shape index (κ3) is 4.67. The highest BCUT2D eigenvalue weighted by Crippen LogP contribution is 2.25. The molecule has 0 radical (unpaired) electrons. The van der Waals surface area contributed by atoms with Gasteiger partial charge in [0, 0.05) is 35.2 Å². The Morgan fingerprint density at radius 2 is 2.00 bits per heavy atom. The number of hydrogen-bond acceptors (Lipinski definition) is 5. The summed E-state index contributed by atoms with van der Waals surface area (Å²) >= 11 is 7.47. The first kappa shape index (κ1) is 19.4. The van der Waals surface area contributed by atoms with Crippen molar-refractivity contribution in [3.63, 3.8) is 0 Å². The molecule has 0 aliphatic heterocycles. The highest BCUT2D eigenvalue weighted by molar-refractivity contribution is 7.99. The number of hydrogen-bond donors (Lipinski definition) is 1. The van der Waals surface area contributed by atoms with Gasteiger partial charge in [-0.3, -0.25) is 9.78 Å². The summed E-state index contributed by atoms with van der Waals surface area (Å²) in [5, 5.41) is 12.8. The maximum absolute atomic E-state index is 12.4. The van der Waals surface area contributed by atoms with Gasteiger partial charge in [0.25, 0.3) is 0 Å². The van der Waals surface area contributed by atoms with Gasteiger partial charge in [-0.05, 0) is 43.2 Å². The Hall–Kier alpha value is -2.38. The lowest BCUT2D eigenvalue weighted by Gasteiger charge is -2.10. The summed E-state index contributed by atoms with van der Waals surface area (Å²) in [6, 6.07) is 9.26. The molecule has 0 aliphatic carbocycles. The SMILES string of the molecule is CCCn1c(SCC(=O)Nc2cccc(Cl)c2C)nnc1-c1ccncc1. The molecule has 6 nitrogen and oxygen atoms in total. The van der Waals surface area contributed by atoms with Crippen molar-refractivity contribution in [2.75, 3.05) is 11.1 Å². The van der Waals surface area contributed by atoms with E-state index in [2.05, 4.69) is 27.4 Å². The van der Waals surface area contributed by atoms with Crippen LogP contribution in [0.5, 0.6) is 0 Å². The molecule has 0 saturated heterocycles. The molecule has 3 aromatic rings. The standard InChI is InChI=1S/C19H20ClN5OS/c1-3-11-25-18(14-7-9-21-10-8-14)23-24-19(25)27-12-17(26)22-16-6-4-5-15(20)13(16)2/h4-10H,3,11-12H2,1-2H3,(H,22,26). The van der Waals surface area contributed by atoms with Gasteiger partial charge in [0.2, 0.25) is 5.91 Å². The maximum atomic E-state index is 12.4. The Morgan fingerprint density at radius 3 is 2.74 bits per heavy atom. The number of nitrogens with zero attached hydrogens (tertiary/aromatic N) is 4. The Bertz CT molecular complexity index is 929. The van der Waals surface area contributed by atoms with E-state index in [4.69, 9.17) is 11.6 Å². The van der Waals surface area contributed by atoms with Crippen LogP contribution in [-0.2, 0) is 11.3 Å².